The molecule has 1 N–H and O–H groups in total. The number of rotatable bonds is 5. The van der Waals surface area contributed by atoms with Crippen LogP contribution in [0, 0.1) is 13.8 Å². The van der Waals surface area contributed by atoms with Crippen LogP contribution in [0.5, 0.6) is 0 Å². The van der Waals surface area contributed by atoms with Crippen LogP contribution in [0.4, 0.5) is 0 Å². The van der Waals surface area contributed by atoms with Crippen molar-refractivity contribution in [3.63, 3.8) is 0 Å². The average Bonchev–Trinajstić information content (AvgIpc) is 3.20. The summed E-state index contributed by atoms with van der Waals surface area (Å²) in [6.45, 7) is 7.63. The molecule has 8 heteroatoms. The molecule has 0 radical (unpaired) electrons. The fraction of sp³-hybridized carbons (Fsp3) is 0.500. The highest BCUT2D eigenvalue weighted by Gasteiger charge is 2.21. The molecular weight excluding hydrogens is 336 g/mol. The molecule has 2 aromatic rings. The molecule has 26 heavy (non-hydrogen) atoms. The van der Waals surface area contributed by atoms with Crippen molar-refractivity contribution in [2.75, 3.05) is 32.7 Å². The molecule has 3 heterocycles. The molecule has 1 aliphatic heterocycles. The first-order valence-corrected chi connectivity index (χ1v) is 8.78. The lowest BCUT2D eigenvalue weighted by molar-refractivity contribution is -0.130. The van der Waals surface area contributed by atoms with E-state index in [1.807, 2.05) is 13.8 Å². The molecule has 0 bridgehead atoms. The van der Waals surface area contributed by atoms with Gasteiger partial charge in [-0.2, -0.15) is 0 Å². The van der Waals surface area contributed by atoms with E-state index in [2.05, 4.69) is 15.4 Å². The third-order valence-electron chi connectivity index (χ3n) is 4.65. The topological polar surface area (TPSA) is 91.8 Å². The molecule has 2 amide bonds. The first-order chi connectivity index (χ1) is 12.5. The van der Waals surface area contributed by atoms with Crippen LogP contribution >= 0.6 is 0 Å². The number of furan rings is 1. The number of aryl methyl sites for hydroxylation is 2. The van der Waals surface area contributed by atoms with Crippen LogP contribution in [-0.4, -0.2) is 59.5 Å². The summed E-state index contributed by atoms with van der Waals surface area (Å²) in [5.74, 6) is 0.599. The predicted octanol–water partition coefficient (Wildman–Crippen LogP) is 1.35. The zero-order valence-corrected chi connectivity index (χ0v) is 15.2. The van der Waals surface area contributed by atoms with Gasteiger partial charge in [0.25, 0.3) is 5.91 Å². The summed E-state index contributed by atoms with van der Waals surface area (Å²) in [6, 6.07) is 3.21. The van der Waals surface area contributed by atoms with E-state index < -0.39 is 0 Å². The minimum Gasteiger partial charge on any atom is -0.459 e. The van der Waals surface area contributed by atoms with Gasteiger partial charge in [-0.3, -0.25) is 14.5 Å². The second kappa shape index (κ2) is 8.18. The normalized spacial score (nSPS) is 15.7. The second-order valence-corrected chi connectivity index (χ2v) is 6.47. The molecule has 0 atom stereocenters. The summed E-state index contributed by atoms with van der Waals surface area (Å²) in [5.41, 5.74) is 2.04. The van der Waals surface area contributed by atoms with Crippen LogP contribution in [0.3, 0.4) is 0 Å². The number of carbonyl (C=O) groups excluding carboxylic acids is 2. The molecule has 0 aliphatic carbocycles. The molecule has 3 rings (SSSR count). The number of hydrogen-bond acceptors (Lipinski definition) is 6. The number of carbonyl (C=O) groups is 2. The summed E-state index contributed by atoms with van der Waals surface area (Å²) in [7, 11) is 0. The smallest absolute Gasteiger partial charge is 0.287 e. The maximum absolute atomic E-state index is 12.4. The lowest BCUT2D eigenvalue weighted by Gasteiger charge is -2.22. The zero-order valence-electron chi connectivity index (χ0n) is 15.2. The van der Waals surface area contributed by atoms with Gasteiger partial charge in [-0.05, 0) is 32.4 Å². The highest BCUT2D eigenvalue weighted by molar-refractivity contribution is 5.94. The third-order valence-corrected chi connectivity index (χ3v) is 4.65. The van der Waals surface area contributed by atoms with E-state index in [1.54, 1.807) is 17.0 Å². The van der Waals surface area contributed by atoms with Gasteiger partial charge in [0.2, 0.25) is 5.91 Å². The first kappa shape index (κ1) is 18.2. The second-order valence-electron chi connectivity index (χ2n) is 6.47. The number of amides is 2. The number of nitrogens with zero attached hydrogens (tertiary/aromatic N) is 3. The van der Waals surface area contributed by atoms with Crippen molar-refractivity contribution in [2.24, 2.45) is 0 Å². The number of aromatic nitrogens is 1. The molecule has 0 spiro atoms. The minimum atomic E-state index is -0.377. The Balaban J connectivity index is 1.48. The molecule has 0 unspecified atom stereocenters. The fourth-order valence-electron chi connectivity index (χ4n) is 3.09. The van der Waals surface area contributed by atoms with E-state index in [-0.39, 0.29) is 24.1 Å². The van der Waals surface area contributed by atoms with Crippen molar-refractivity contribution in [1.29, 1.82) is 0 Å². The standard InChI is InChI=1S/C18H24N4O4/c1-13-15(14(2)26-20-13)12-21-6-4-7-22(9-8-21)17(23)11-19-18(24)16-5-3-10-25-16/h3,5,10H,4,6-9,11-12H2,1-2H3,(H,19,24). The molecule has 1 fully saturated rings. The number of nitrogens with one attached hydrogen (secondary N) is 1. The maximum atomic E-state index is 12.4. The van der Waals surface area contributed by atoms with E-state index in [9.17, 15) is 9.59 Å². The van der Waals surface area contributed by atoms with Gasteiger partial charge < -0.3 is 19.2 Å². The van der Waals surface area contributed by atoms with Gasteiger partial charge in [-0.25, -0.2) is 0 Å². The molecule has 8 nitrogen and oxygen atoms in total. The summed E-state index contributed by atoms with van der Waals surface area (Å²) >= 11 is 0. The van der Waals surface area contributed by atoms with Gasteiger partial charge in [0, 0.05) is 38.3 Å². The van der Waals surface area contributed by atoms with Gasteiger partial charge in [0.15, 0.2) is 5.76 Å². The van der Waals surface area contributed by atoms with Crippen molar-refractivity contribution in [2.45, 2.75) is 26.8 Å². The molecule has 0 saturated carbocycles. The first-order valence-electron chi connectivity index (χ1n) is 8.78. The largest absolute Gasteiger partial charge is 0.459 e. The molecule has 1 aliphatic rings. The Hall–Kier alpha value is -2.61. The van der Waals surface area contributed by atoms with Crippen LogP contribution in [0.1, 0.15) is 34.0 Å². The van der Waals surface area contributed by atoms with Crippen molar-refractivity contribution in [3.8, 4) is 0 Å². The number of hydrogen-bond donors (Lipinski definition) is 1. The summed E-state index contributed by atoms with van der Waals surface area (Å²) in [5, 5.41) is 6.60. The van der Waals surface area contributed by atoms with Gasteiger partial charge >= 0.3 is 0 Å². The van der Waals surface area contributed by atoms with E-state index in [1.165, 1.54) is 6.26 Å². The minimum absolute atomic E-state index is 0.0244. The molecule has 0 aromatic carbocycles. The van der Waals surface area contributed by atoms with Gasteiger partial charge in [0.05, 0.1) is 18.5 Å². The Labute approximate surface area is 152 Å². The Morgan fingerprint density at radius 3 is 2.77 bits per heavy atom. The predicted molar refractivity (Wildman–Crippen MR) is 93.5 cm³/mol. The average molecular weight is 360 g/mol. The Morgan fingerprint density at radius 1 is 1.23 bits per heavy atom. The molecule has 2 aromatic heterocycles. The van der Waals surface area contributed by atoms with Crippen molar-refractivity contribution in [3.05, 3.63) is 41.2 Å². The quantitative estimate of drug-likeness (QED) is 0.865. The van der Waals surface area contributed by atoms with Gasteiger partial charge in [0.1, 0.15) is 5.76 Å². The lowest BCUT2D eigenvalue weighted by atomic mass is 10.2. The third kappa shape index (κ3) is 4.32. The van der Waals surface area contributed by atoms with Crippen LogP contribution in [-0.2, 0) is 11.3 Å². The maximum Gasteiger partial charge on any atom is 0.287 e. The summed E-state index contributed by atoms with van der Waals surface area (Å²) in [6.07, 6.45) is 2.32. The van der Waals surface area contributed by atoms with Crippen molar-refractivity contribution < 1.29 is 18.5 Å². The molecule has 1 saturated heterocycles. The van der Waals surface area contributed by atoms with Crippen LogP contribution in [0.25, 0.3) is 0 Å². The lowest BCUT2D eigenvalue weighted by Crippen LogP contribution is -2.41. The van der Waals surface area contributed by atoms with Crippen LogP contribution in [0.2, 0.25) is 0 Å². The zero-order chi connectivity index (χ0) is 18.5. The Morgan fingerprint density at radius 2 is 2.08 bits per heavy atom. The van der Waals surface area contributed by atoms with E-state index in [0.29, 0.717) is 13.1 Å². The molecular formula is C18H24N4O4. The van der Waals surface area contributed by atoms with Crippen LogP contribution in [0.15, 0.2) is 27.3 Å². The monoisotopic (exact) mass is 360 g/mol. The van der Waals surface area contributed by atoms with E-state index in [0.717, 1.165) is 43.1 Å². The van der Waals surface area contributed by atoms with Gasteiger partial charge in [-0.1, -0.05) is 5.16 Å². The highest BCUT2D eigenvalue weighted by Crippen LogP contribution is 2.16. The summed E-state index contributed by atoms with van der Waals surface area (Å²) < 4.78 is 10.2. The SMILES string of the molecule is Cc1noc(C)c1CN1CCCN(C(=O)CNC(=O)c2ccco2)CC1. The summed E-state index contributed by atoms with van der Waals surface area (Å²) in [4.78, 5) is 28.4. The highest BCUT2D eigenvalue weighted by atomic mass is 16.5. The van der Waals surface area contributed by atoms with E-state index >= 15 is 0 Å². The fourth-order valence-corrected chi connectivity index (χ4v) is 3.09. The van der Waals surface area contributed by atoms with E-state index in [4.69, 9.17) is 8.94 Å². The van der Waals surface area contributed by atoms with Crippen molar-refractivity contribution >= 4 is 11.8 Å². The van der Waals surface area contributed by atoms with Crippen LogP contribution < -0.4 is 5.32 Å². The Kier molecular flexibility index (Phi) is 5.72. The Bertz CT molecular complexity index is 734. The van der Waals surface area contributed by atoms with Gasteiger partial charge in [-0.15, -0.1) is 0 Å². The molecule has 140 valence electrons. The van der Waals surface area contributed by atoms with Crippen molar-refractivity contribution in [1.82, 2.24) is 20.3 Å².